The third-order valence-electron chi connectivity index (χ3n) is 3.12. The van der Waals surface area contributed by atoms with Gasteiger partial charge in [0.25, 0.3) is 0 Å². The topological polar surface area (TPSA) is 50.4 Å². The molecule has 1 unspecified atom stereocenters. The van der Waals surface area contributed by atoms with E-state index >= 15 is 0 Å². The lowest BCUT2D eigenvalue weighted by Gasteiger charge is -2.30. The highest BCUT2D eigenvalue weighted by atomic mass is 127. The van der Waals surface area contributed by atoms with E-state index in [2.05, 4.69) is 48.4 Å². The van der Waals surface area contributed by atoms with Crippen LogP contribution in [0.15, 0.2) is 29.3 Å². The zero-order valence-corrected chi connectivity index (χ0v) is 13.3. The molecule has 0 radical (unpaired) electrons. The molecule has 1 aliphatic rings. The molecule has 100 valence electrons. The van der Waals surface area contributed by atoms with Crippen molar-refractivity contribution in [3.63, 3.8) is 0 Å². The summed E-state index contributed by atoms with van der Waals surface area (Å²) in [6, 6.07) is 8.59. The Kier molecular flexibility index (Phi) is 5.91. The number of nitrogens with zero attached hydrogens (tertiary/aromatic N) is 1. The number of hydrogen-bond donors (Lipinski definition) is 2. The number of rotatable bonds is 4. The molecule has 1 aliphatic carbocycles. The zero-order valence-electron chi connectivity index (χ0n) is 11.0. The fourth-order valence-corrected chi connectivity index (χ4v) is 2.11. The average molecular weight is 359 g/mol. The molecule has 1 aromatic rings. The second-order valence-electron chi connectivity index (χ2n) is 5.10. The zero-order chi connectivity index (χ0) is 12.3. The van der Waals surface area contributed by atoms with E-state index in [0.717, 1.165) is 19.5 Å². The maximum Gasteiger partial charge on any atom is 0.188 e. The number of nitrogens with two attached hydrogens (primary N) is 1. The van der Waals surface area contributed by atoms with Gasteiger partial charge in [-0.3, -0.25) is 4.99 Å². The summed E-state index contributed by atoms with van der Waals surface area (Å²) in [5.74, 6) is 1.72. The van der Waals surface area contributed by atoms with Gasteiger partial charge in [-0.1, -0.05) is 38.1 Å². The molecule has 18 heavy (non-hydrogen) atoms. The maximum atomic E-state index is 5.81. The third-order valence-corrected chi connectivity index (χ3v) is 3.12. The maximum absolute atomic E-state index is 5.81. The van der Waals surface area contributed by atoms with Crippen LogP contribution in [0.4, 0.5) is 0 Å². The molecule has 0 bridgehead atoms. The number of fused-ring (bicyclic) bond motifs is 1. The van der Waals surface area contributed by atoms with Crippen LogP contribution in [0.5, 0.6) is 0 Å². The van der Waals surface area contributed by atoms with Crippen molar-refractivity contribution in [2.45, 2.75) is 26.2 Å². The van der Waals surface area contributed by atoms with Gasteiger partial charge in [-0.2, -0.15) is 0 Å². The van der Waals surface area contributed by atoms with E-state index in [4.69, 9.17) is 5.73 Å². The molecule has 0 aliphatic heterocycles. The van der Waals surface area contributed by atoms with Crippen molar-refractivity contribution in [1.29, 1.82) is 0 Å². The van der Waals surface area contributed by atoms with Gasteiger partial charge in [0, 0.05) is 19.0 Å². The summed E-state index contributed by atoms with van der Waals surface area (Å²) in [5.41, 5.74) is 8.73. The van der Waals surface area contributed by atoms with E-state index in [1.165, 1.54) is 11.1 Å². The minimum atomic E-state index is 0. The summed E-state index contributed by atoms with van der Waals surface area (Å²) in [5, 5.41) is 3.21. The number of guanidine groups is 1. The van der Waals surface area contributed by atoms with Gasteiger partial charge in [0.2, 0.25) is 0 Å². The molecule has 2 rings (SSSR count). The van der Waals surface area contributed by atoms with Crippen LogP contribution >= 0.6 is 24.0 Å². The first-order chi connectivity index (χ1) is 8.16. The van der Waals surface area contributed by atoms with Crippen LogP contribution in [0.2, 0.25) is 0 Å². The van der Waals surface area contributed by atoms with Crippen LogP contribution in [0.1, 0.15) is 30.9 Å². The first kappa shape index (κ1) is 15.3. The molecule has 3 nitrogen and oxygen atoms in total. The molecular formula is C14H22IN3. The average Bonchev–Trinajstić information content (AvgIpc) is 2.27. The van der Waals surface area contributed by atoms with Crippen LogP contribution in [-0.4, -0.2) is 19.0 Å². The van der Waals surface area contributed by atoms with Gasteiger partial charge in [-0.15, -0.1) is 24.0 Å². The number of halogens is 1. The van der Waals surface area contributed by atoms with Gasteiger partial charge < -0.3 is 11.1 Å². The Morgan fingerprint density at radius 1 is 1.44 bits per heavy atom. The molecule has 4 heteroatoms. The number of nitrogens with one attached hydrogen (secondary N) is 1. The highest BCUT2D eigenvalue weighted by Gasteiger charge is 2.24. The number of hydrogen-bond acceptors (Lipinski definition) is 1. The summed E-state index contributed by atoms with van der Waals surface area (Å²) in [6.07, 6.45) is 1.15. The lowest BCUT2D eigenvalue weighted by Crippen LogP contribution is -2.38. The summed E-state index contributed by atoms with van der Waals surface area (Å²) in [6.45, 7) is 5.96. The second kappa shape index (κ2) is 6.97. The third kappa shape index (κ3) is 3.86. The molecule has 1 atom stereocenters. The molecule has 0 saturated heterocycles. The Hall–Kier alpha value is -0.780. The molecule has 0 spiro atoms. The number of benzene rings is 1. The molecule has 1 aromatic carbocycles. The van der Waals surface area contributed by atoms with Crippen LogP contribution < -0.4 is 11.1 Å². The largest absolute Gasteiger partial charge is 0.370 e. The van der Waals surface area contributed by atoms with Gasteiger partial charge in [-0.25, -0.2) is 0 Å². The molecule has 3 N–H and O–H groups in total. The Balaban J connectivity index is 0.00000162. The lowest BCUT2D eigenvalue weighted by atomic mass is 9.78. The lowest BCUT2D eigenvalue weighted by molar-refractivity contribution is 0.586. The van der Waals surface area contributed by atoms with Crippen LogP contribution in [0, 0.1) is 5.92 Å². The summed E-state index contributed by atoms with van der Waals surface area (Å²) in [4.78, 5) is 4.29. The first-order valence-corrected chi connectivity index (χ1v) is 6.28. The van der Waals surface area contributed by atoms with Gasteiger partial charge in [-0.05, 0) is 23.5 Å². The van der Waals surface area contributed by atoms with E-state index in [9.17, 15) is 0 Å². The predicted octanol–water partition coefficient (Wildman–Crippen LogP) is 2.50. The van der Waals surface area contributed by atoms with Gasteiger partial charge in [0.15, 0.2) is 5.96 Å². The van der Waals surface area contributed by atoms with Crippen molar-refractivity contribution in [1.82, 2.24) is 5.32 Å². The highest BCUT2D eigenvalue weighted by molar-refractivity contribution is 14.0. The molecule has 0 heterocycles. The Morgan fingerprint density at radius 3 is 2.83 bits per heavy atom. The number of aliphatic imine (C=N–C) groups is 1. The van der Waals surface area contributed by atoms with E-state index in [1.807, 2.05) is 0 Å². The monoisotopic (exact) mass is 359 g/mol. The van der Waals surface area contributed by atoms with Gasteiger partial charge in [0.1, 0.15) is 0 Å². The van der Waals surface area contributed by atoms with E-state index < -0.39 is 0 Å². The molecule has 0 amide bonds. The smallest absolute Gasteiger partial charge is 0.188 e. The summed E-state index contributed by atoms with van der Waals surface area (Å²) in [7, 11) is 0. The van der Waals surface area contributed by atoms with Crippen LogP contribution in [0.3, 0.4) is 0 Å². The molecule has 0 saturated carbocycles. The summed E-state index contributed by atoms with van der Waals surface area (Å²) >= 11 is 0. The van der Waals surface area contributed by atoms with Crippen molar-refractivity contribution < 1.29 is 0 Å². The summed E-state index contributed by atoms with van der Waals surface area (Å²) < 4.78 is 0. The van der Waals surface area contributed by atoms with E-state index in [0.29, 0.717) is 17.8 Å². The predicted molar refractivity (Wildman–Crippen MR) is 87.6 cm³/mol. The minimum Gasteiger partial charge on any atom is -0.370 e. The van der Waals surface area contributed by atoms with Gasteiger partial charge in [0.05, 0.1) is 0 Å². The Labute approximate surface area is 126 Å². The SMILES string of the molecule is CC(C)CN=C(N)NCC1Cc2ccccc21.I. The van der Waals surface area contributed by atoms with Crippen molar-refractivity contribution in [2.24, 2.45) is 16.6 Å². The van der Waals surface area contributed by atoms with Crippen molar-refractivity contribution in [3.05, 3.63) is 35.4 Å². The molecule has 0 fully saturated rings. The Bertz CT molecular complexity index is 415. The van der Waals surface area contributed by atoms with E-state index in [1.54, 1.807) is 0 Å². The fraction of sp³-hybridized carbons (Fsp3) is 0.500. The van der Waals surface area contributed by atoms with Crippen molar-refractivity contribution >= 4 is 29.9 Å². The van der Waals surface area contributed by atoms with Crippen molar-refractivity contribution in [3.8, 4) is 0 Å². The van der Waals surface area contributed by atoms with Crippen LogP contribution in [0.25, 0.3) is 0 Å². The fourth-order valence-electron chi connectivity index (χ4n) is 2.11. The van der Waals surface area contributed by atoms with E-state index in [-0.39, 0.29) is 24.0 Å². The van der Waals surface area contributed by atoms with Crippen molar-refractivity contribution in [2.75, 3.05) is 13.1 Å². The van der Waals surface area contributed by atoms with Gasteiger partial charge >= 0.3 is 0 Å². The molecular weight excluding hydrogens is 337 g/mol. The standard InChI is InChI=1S/C14H21N3.HI/c1-10(2)8-16-14(15)17-9-12-7-11-5-3-4-6-13(11)12;/h3-6,10,12H,7-9H2,1-2H3,(H3,15,16,17);1H. The Morgan fingerprint density at radius 2 is 2.17 bits per heavy atom. The second-order valence-corrected chi connectivity index (χ2v) is 5.10. The first-order valence-electron chi connectivity index (χ1n) is 6.28. The minimum absolute atomic E-state index is 0. The normalized spacial score (nSPS) is 17.7. The molecule has 0 aromatic heterocycles. The highest BCUT2D eigenvalue weighted by Crippen LogP contribution is 2.33. The van der Waals surface area contributed by atoms with Crippen LogP contribution in [-0.2, 0) is 6.42 Å². The quantitative estimate of drug-likeness (QED) is 0.493.